The second-order valence-electron chi connectivity index (χ2n) is 3.52. The number of rotatable bonds is 5. The molecule has 5 nitrogen and oxygen atoms in total. The first-order valence-corrected chi connectivity index (χ1v) is 5.75. The van der Waals surface area contributed by atoms with Gasteiger partial charge >= 0.3 is 5.97 Å². The van der Waals surface area contributed by atoms with Crippen LogP contribution in [0.1, 0.15) is 6.92 Å². The Balaban J connectivity index is 2.50. The van der Waals surface area contributed by atoms with Crippen molar-refractivity contribution in [3.05, 3.63) is 28.2 Å². The van der Waals surface area contributed by atoms with E-state index in [-0.39, 0.29) is 6.61 Å². The van der Waals surface area contributed by atoms with Gasteiger partial charge in [-0.15, -0.1) is 0 Å². The average molecular weight is 292 g/mol. The number of hydrogen-bond donors (Lipinski definition) is 2. The number of nitrogens with one attached hydrogen (secondary N) is 1. The van der Waals surface area contributed by atoms with Crippen molar-refractivity contribution in [3.63, 3.8) is 0 Å². The molecule has 1 amide bonds. The van der Waals surface area contributed by atoms with Crippen LogP contribution in [0.15, 0.2) is 18.2 Å². The maximum atomic E-state index is 11.3. The van der Waals surface area contributed by atoms with Crippen LogP contribution in [0, 0.1) is 0 Å². The van der Waals surface area contributed by atoms with Gasteiger partial charge in [0.15, 0.2) is 6.61 Å². The second-order valence-corrected chi connectivity index (χ2v) is 4.39. The lowest BCUT2D eigenvalue weighted by atomic mass is 10.3. The van der Waals surface area contributed by atoms with Crippen LogP contribution in [0.2, 0.25) is 10.0 Å². The highest BCUT2D eigenvalue weighted by atomic mass is 35.5. The van der Waals surface area contributed by atoms with E-state index in [9.17, 15) is 9.59 Å². The molecule has 1 rings (SSSR count). The Hall–Kier alpha value is -1.46. The van der Waals surface area contributed by atoms with Gasteiger partial charge in [-0.1, -0.05) is 23.2 Å². The van der Waals surface area contributed by atoms with Crippen LogP contribution in [-0.4, -0.2) is 29.6 Å². The number of carboxylic acid groups (broad SMARTS) is 1. The highest BCUT2D eigenvalue weighted by Gasteiger charge is 2.14. The predicted molar refractivity (Wildman–Crippen MR) is 67.2 cm³/mol. The van der Waals surface area contributed by atoms with E-state index in [1.54, 1.807) is 0 Å². The molecule has 2 N–H and O–H groups in total. The van der Waals surface area contributed by atoms with Crippen LogP contribution in [-0.2, 0) is 9.59 Å². The first-order chi connectivity index (χ1) is 8.38. The van der Waals surface area contributed by atoms with Gasteiger partial charge < -0.3 is 15.2 Å². The molecule has 0 saturated heterocycles. The van der Waals surface area contributed by atoms with Crippen LogP contribution in [0.25, 0.3) is 0 Å². The maximum Gasteiger partial charge on any atom is 0.325 e. The predicted octanol–water partition coefficient (Wildman–Crippen LogP) is 1.96. The molecule has 0 radical (unpaired) electrons. The zero-order valence-corrected chi connectivity index (χ0v) is 11.0. The normalized spacial score (nSPS) is 11.7. The Morgan fingerprint density at radius 1 is 1.33 bits per heavy atom. The summed E-state index contributed by atoms with van der Waals surface area (Å²) in [5.41, 5.74) is 0. The summed E-state index contributed by atoms with van der Waals surface area (Å²) in [6.07, 6.45) is 0. The van der Waals surface area contributed by atoms with Gasteiger partial charge in [-0.3, -0.25) is 9.59 Å². The molecule has 0 unspecified atom stereocenters. The SMILES string of the molecule is C[C@H](NC(=O)COc1cc(Cl)cc(Cl)c1)C(=O)O. The molecule has 0 bridgehead atoms. The van der Waals surface area contributed by atoms with Gasteiger partial charge in [0.1, 0.15) is 11.8 Å². The summed E-state index contributed by atoms with van der Waals surface area (Å²) >= 11 is 11.5. The number of benzene rings is 1. The summed E-state index contributed by atoms with van der Waals surface area (Å²) in [5, 5.41) is 11.6. The van der Waals surface area contributed by atoms with E-state index in [1.807, 2.05) is 0 Å². The number of amides is 1. The van der Waals surface area contributed by atoms with Crippen LogP contribution in [0.3, 0.4) is 0 Å². The van der Waals surface area contributed by atoms with Crippen molar-refractivity contribution in [2.24, 2.45) is 0 Å². The molecule has 0 aromatic heterocycles. The lowest BCUT2D eigenvalue weighted by Gasteiger charge is -2.10. The zero-order chi connectivity index (χ0) is 13.7. The van der Waals surface area contributed by atoms with E-state index in [2.05, 4.69) is 5.32 Å². The first-order valence-electron chi connectivity index (χ1n) is 4.99. The van der Waals surface area contributed by atoms with E-state index in [1.165, 1.54) is 25.1 Å². The molecule has 0 heterocycles. The molecule has 0 aliphatic rings. The van der Waals surface area contributed by atoms with Crippen LogP contribution in [0.5, 0.6) is 5.75 Å². The Labute approximate surface area is 114 Å². The molecular formula is C11H11Cl2NO4. The molecule has 0 fully saturated rings. The van der Waals surface area contributed by atoms with Crippen molar-refractivity contribution in [1.29, 1.82) is 0 Å². The molecule has 1 aromatic rings. The largest absolute Gasteiger partial charge is 0.484 e. The summed E-state index contributed by atoms with van der Waals surface area (Å²) in [6, 6.07) is 3.56. The number of hydrogen-bond acceptors (Lipinski definition) is 3. The minimum atomic E-state index is -1.12. The van der Waals surface area contributed by atoms with Crippen molar-refractivity contribution in [3.8, 4) is 5.75 Å². The number of carbonyl (C=O) groups excluding carboxylic acids is 1. The summed E-state index contributed by atoms with van der Waals surface area (Å²) in [5.74, 6) is -1.32. The molecule has 0 aliphatic carbocycles. The summed E-state index contributed by atoms with van der Waals surface area (Å²) in [7, 11) is 0. The topological polar surface area (TPSA) is 75.6 Å². The smallest absolute Gasteiger partial charge is 0.325 e. The summed E-state index contributed by atoms with van der Waals surface area (Å²) in [4.78, 5) is 21.8. The van der Waals surface area contributed by atoms with Gasteiger partial charge in [-0.25, -0.2) is 0 Å². The molecule has 0 aliphatic heterocycles. The highest BCUT2D eigenvalue weighted by molar-refractivity contribution is 6.34. The summed E-state index contributed by atoms with van der Waals surface area (Å²) < 4.78 is 5.14. The Morgan fingerprint density at radius 2 is 1.89 bits per heavy atom. The van der Waals surface area contributed by atoms with E-state index in [0.29, 0.717) is 15.8 Å². The van der Waals surface area contributed by atoms with E-state index < -0.39 is 17.9 Å². The second kappa shape index (κ2) is 6.47. The zero-order valence-electron chi connectivity index (χ0n) is 9.44. The standard InChI is InChI=1S/C11H11Cl2NO4/c1-6(11(16)17)14-10(15)5-18-9-3-7(12)2-8(13)4-9/h2-4,6H,5H2,1H3,(H,14,15)(H,16,17)/t6-/m0/s1. The molecule has 0 spiro atoms. The first kappa shape index (κ1) is 14.6. The fourth-order valence-electron chi connectivity index (χ4n) is 1.11. The van der Waals surface area contributed by atoms with Crippen molar-refractivity contribution in [2.45, 2.75) is 13.0 Å². The quantitative estimate of drug-likeness (QED) is 0.870. The van der Waals surface area contributed by atoms with Crippen LogP contribution >= 0.6 is 23.2 Å². The monoisotopic (exact) mass is 291 g/mol. The fraction of sp³-hybridized carbons (Fsp3) is 0.273. The van der Waals surface area contributed by atoms with Gasteiger partial charge in [-0.05, 0) is 25.1 Å². The molecular weight excluding hydrogens is 281 g/mol. The van der Waals surface area contributed by atoms with Gasteiger partial charge in [0.2, 0.25) is 0 Å². The molecule has 18 heavy (non-hydrogen) atoms. The maximum absolute atomic E-state index is 11.3. The van der Waals surface area contributed by atoms with E-state index >= 15 is 0 Å². The number of carbonyl (C=O) groups is 2. The van der Waals surface area contributed by atoms with Crippen molar-refractivity contribution < 1.29 is 19.4 Å². The Morgan fingerprint density at radius 3 is 2.39 bits per heavy atom. The van der Waals surface area contributed by atoms with Crippen LogP contribution in [0.4, 0.5) is 0 Å². The summed E-state index contributed by atoms with van der Waals surface area (Å²) in [6.45, 7) is 1.05. The third-order valence-corrected chi connectivity index (χ3v) is 2.39. The minimum Gasteiger partial charge on any atom is -0.484 e. The number of aliphatic carboxylic acids is 1. The van der Waals surface area contributed by atoms with Gasteiger partial charge in [-0.2, -0.15) is 0 Å². The molecule has 0 saturated carbocycles. The highest BCUT2D eigenvalue weighted by Crippen LogP contribution is 2.23. The third-order valence-electron chi connectivity index (χ3n) is 1.95. The van der Waals surface area contributed by atoms with Gasteiger partial charge in [0.05, 0.1) is 0 Å². The van der Waals surface area contributed by atoms with Crippen molar-refractivity contribution >= 4 is 35.1 Å². The number of ether oxygens (including phenoxy) is 1. The van der Waals surface area contributed by atoms with Crippen LogP contribution < -0.4 is 10.1 Å². The molecule has 1 atom stereocenters. The lowest BCUT2D eigenvalue weighted by molar-refractivity contribution is -0.141. The molecule has 98 valence electrons. The Bertz CT molecular complexity index is 444. The number of halogens is 2. The Kier molecular flexibility index (Phi) is 5.25. The minimum absolute atomic E-state index is 0.311. The number of carboxylic acids is 1. The third kappa shape index (κ3) is 4.81. The fourth-order valence-corrected chi connectivity index (χ4v) is 1.61. The van der Waals surface area contributed by atoms with Gasteiger partial charge in [0, 0.05) is 10.0 Å². The molecule has 7 heteroatoms. The van der Waals surface area contributed by atoms with Gasteiger partial charge in [0.25, 0.3) is 5.91 Å². The average Bonchev–Trinajstić information content (AvgIpc) is 2.25. The van der Waals surface area contributed by atoms with Crippen molar-refractivity contribution in [2.75, 3.05) is 6.61 Å². The molecule has 1 aromatic carbocycles. The lowest BCUT2D eigenvalue weighted by Crippen LogP contribution is -2.40. The van der Waals surface area contributed by atoms with Crippen molar-refractivity contribution in [1.82, 2.24) is 5.32 Å². The van der Waals surface area contributed by atoms with E-state index in [0.717, 1.165) is 0 Å². The van der Waals surface area contributed by atoms with E-state index in [4.69, 9.17) is 33.0 Å².